The molecule has 3 aromatic rings. The predicted molar refractivity (Wildman–Crippen MR) is 85.3 cm³/mol. The molecule has 3 nitrogen and oxygen atoms in total. The molecule has 0 radical (unpaired) electrons. The molecular formula is C17H17ClN2O. The summed E-state index contributed by atoms with van der Waals surface area (Å²) in [5.41, 5.74) is 5.38. The summed E-state index contributed by atoms with van der Waals surface area (Å²) in [6.45, 7) is 2.07. The second-order valence-electron chi connectivity index (χ2n) is 5.10. The highest BCUT2D eigenvalue weighted by Crippen LogP contribution is 2.21. The molecule has 0 amide bonds. The number of nitrogens with zero attached hydrogens (tertiary/aromatic N) is 2. The lowest BCUT2D eigenvalue weighted by Crippen LogP contribution is -1.96. The molecule has 0 aliphatic carbocycles. The van der Waals surface area contributed by atoms with Crippen LogP contribution in [0, 0.1) is 6.92 Å². The van der Waals surface area contributed by atoms with Crippen LogP contribution >= 0.6 is 11.6 Å². The molecule has 0 saturated carbocycles. The summed E-state index contributed by atoms with van der Waals surface area (Å²) in [6.07, 6.45) is 2.78. The Morgan fingerprint density at radius 3 is 2.86 bits per heavy atom. The van der Waals surface area contributed by atoms with E-state index in [-0.39, 0.29) is 0 Å². The van der Waals surface area contributed by atoms with E-state index < -0.39 is 0 Å². The Balaban J connectivity index is 2.03. The first kappa shape index (κ1) is 14.0. The molecule has 0 spiro atoms. The standard InChI is InChI=1S/C17H17ClN2O/c1-12-6-7-20-16(11-18)15(19-17(20)8-12)10-13-4-3-5-14(9-13)21-2/h3-9H,10-11H2,1-2H3. The largest absolute Gasteiger partial charge is 0.497 e. The number of pyridine rings is 1. The highest BCUT2D eigenvalue weighted by Gasteiger charge is 2.12. The van der Waals surface area contributed by atoms with E-state index in [0.717, 1.165) is 29.2 Å². The minimum atomic E-state index is 0.448. The van der Waals surface area contributed by atoms with Crippen LogP contribution in [-0.4, -0.2) is 16.5 Å². The van der Waals surface area contributed by atoms with Gasteiger partial charge < -0.3 is 9.14 Å². The van der Waals surface area contributed by atoms with Crippen molar-refractivity contribution >= 4 is 17.2 Å². The molecule has 2 heterocycles. The zero-order valence-electron chi connectivity index (χ0n) is 12.1. The van der Waals surface area contributed by atoms with E-state index in [1.165, 1.54) is 11.1 Å². The molecule has 0 aliphatic rings. The first-order valence-electron chi connectivity index (χ1n) is 6.86. The Bertz CT molecular complexity index is 780. The fraction of sp³-hybridized carbons (Fsp3) is 0.235. The van der Waals surface area contributed by atoms with Gasteiger partial charge in [0.2, 0.25) is 0 Å². The van der Waals surface area contributed by atoms with Crippen LogP contribution in [0.2, 0.25) is 0 Å². The van der Waals surface area contributed by atoms with Crippen molar-refractivity contribution in [1.29, 1.82) is 0 Å². The summed E-state index contributed by atoms with van der Waals surface area (Å²) in [4.78, 5) is 4.73. The molecule has 21 heavy (non-hydrogen) atoms. The summed E-state index contributed by atoms with van der Waals surface area (Å²) >= 11 is 6.13. The third kappa shape index (κ3) is 2.74. The van der Waals surface area contributed by atoms with Crippen molar-refractivity contribution in [2.45, 2.75) is 19.2 Å². The van der Waals surface area contributed by atoms with Gasteiger partial charge in [0.05, 0.1) is 24.4 Å². The lowest BCUT2D eigenvalue weighted by Gasteiger charge is -2.04. The van der Waals surface area contributed by atoms with Gasteiger partial charge in [0.1, 0.15) is 11.4 Å². The number of ether oxygens (including phenoxy) is 1. The molecular weight excluding hydrogens is 284 g/mol. The Hall–Kier alpha value is -2.00. The number of hydrogen-bond acceptors (Lipinski definition) is 2. The summed E-state index contributed by atoms with van der Waals surface area (Å²) in [5.74, 6) is 1.31. The molecule has 4 heteroatoms. The van der Waals surface area contributed by atoms with Gasteiger partial charge in [-0.3, -0.25) is 0 Å². The van der Waals surface area contributed by atoms with E-state index >= 15 is 0 Å². The highest BCUT2D eigenvalue weighted by molar-refractivity contribution is 6.17. The molecule has 0 fully saturated rings. The Kier molecular flexibility index (Phi) is 3.84. The van der Waals surface area contributed by atoms with E-state index in [9.17, 15) is 0 Å². The number of fused-ring (bicyclic) bond motifs is 1. The van der Waals surface area contributed by atoms with Crippen molar-refractivity contribution in [2.75, 3.05) is 7.11 Å². The van der Waals surface area contributed by atoms with Crippen LogP contribution in [0.1, 0.15) is 22.5 Å². The van der Waals surface area contributed by atoms with Gasteiger partial charge in [-0.1, -0.05) is 12.1 Å². The van der Waals surface area contributed by atoms with E-state index in [1.807, 2.05) is 24.4 Å². The van der Waals surface area contributed by atoms with Gasteiger partial charge in [-0.2, -0.15) is 0 Å². The lowest BCUT2D eigenvalue weighted by atomic mass is 10.1. The van der Waals surface area contributed by atoms with Crippen LogP contribution in [0.15, 0.2) is 42.6 Å². The van der Waals surface area contributed by atoms with E-state index in [4.69, 9.17) is 21.3 Å². The van der Waals surface area contributed by atoms with Gasteiger partial charge in [-0.25, -0.2) is 4.98 Å². The average Bonchev–Trinajstić information content (AvgIpc) is 2.83. The van der Waals surface area contributed by atoms with Gasteiger partial charge >= 0.3 is 0 Å². The molecule has 2 aromatic heterocycles. The van der Waals surface area contributed by atoms with Crippen LogP contribution in [0.4, 0.5) is 0 Å². The molecule has 0 N–H and O–H groups in total. The number of aryl methyl sites for hydroxylation is 1. The normalized spacial score (nSPS) is 11.0. The van der Waals surface area contributed by atoms with Crippen LogP contribution in [-0.2, 0) is 12.3 Å². The average molecular weight is 301 g/mol. The Morgan fingerprint density at radius 2 is 2.10 bits per heavy atom. The maximum atomic E-state index is 6.13. The summed E-state index contributed by atoms with van der Waals surface area (Å²) in [6, 6.07) is 12.2. The zero-order chi connectivity index (χ0) is 14.8. The molecule has 0 bridgehead atoms. The lowest BCUT2D eigenvalue weighted by molar-refractivity contribution is 0.414. The fourth-order valence-electron chi connectivity index (χ4n) is 2.50. The van der Waals surface area contributed by atoms with E-state index in [0.29, 0.717) is 5.88 Å². The third-order valence-corrected chi connectivity index (χ3v) is 3.85. The minimum absolute atomic E-state index is 0.448. The number of halogens is 1. The van der Waals surface area contributed by atoms with Crippen molar-refractivity contribution in [1.82, 2.24) is 9.38 Å². The molecule has 108 valence electrons. The molecule has 0 aliphatic heterocycles. The van der Waals surface area contributed by atoms with Crippen LogP contribution < -0.4 is 4.74 Å². The number of benzene rings is 1. The first-order valence-corrected chi connectivity index (χ1v) is 7.40. The molecule has 0 saturated heterocycles. The second-order valence-corrected chi connectivity index (χ2v) is 5.37. The van der Waals surface area contributed by atoms with Gasteiger partial charge in [0, 0.05) is 12.6 Å². The third-order valence-electron chi connectivity index (χ3n) is 3.60. The number of imidazole rings is 1. The zero-order valence-corrected chi connectivity index (χ0v) is 12.9. The number of hydrogen-bond donors (Lipinski definition) is 0. The molecule has 3 rings (SSSR count). The predicted octanol–water partition coefficient (Wildman–Crippen LogP) is 3.98. The fourth-order valence-corrected chi connectivity index (χ4v) is 2.79. The van der Waals surface area contributed by atoms with Crippen molar-refractivity contribution in [2.24, 2.45) is 0 Å². The maximum absolute atomic E-state index is 6.13. The summed E-state index contributed by atoms with van der Waals surface area (Å²) in [5, 5.41) is 0. The van der Waals surface area contributed by atoms with Crippen molar-refractivity contribution in [3.8, 4) is 5.75 Å². The molecule has 0 unspecified atom stereocenters. The van der Waals surface area contributed by atoms with Crippen LogP contribution in [0.5, 0.6) is 5.75 Å². The van der Waals surface area contributed by atoms with Crippen LogP contribution in [0.25, 0.3) is 5.65 Å². The van der Waals surface area contributed by atoms with Gasteiger partial charge in [0.15, 0.2) is 0 Å². The van der Waals surface area contributed by atoms with E-state index in [1.54, 1.807) is 7.11 Å². The second kappa shape index (κ2) is 5.78. The summed E-state index contributed by atoms with van der Waals surface area (Å²) < 4.78 is 7.34. The number of aromatic nitrogens is 2. The summed E-state index contributed by atoms with van der Waals surface area (Å²) in [7, 11) is 1.68. The monoisotopic (exact) mass is 300 g/mol. The van der Waals surface area contributed by atoms with Crippen LogP contribution in [0.3, 0.4) is 0 Å². The van der Waals surface area contributed by atoms with E-state index in [2.05, 4.69) is 29.5 Å². The Labute approximate surface area is 129 Å². The number of methoxy groups -OCH3 is 1. The van der Waals surface area contributed by atoms with Gasteiger partial charge in [-0.15, -0.1) is 11.6 Å². The first-order chi connectivity index (χ1) is 10.2. The van der Waals surface area contributed by atoms with Crippen molar-refractivity contribution < 1.29 is 4.74 Å². The maximum Gasteiger partial charge on any atom is 0.137 e. The smallest absolute Gasteiger partial charge is 0.137 e. The minimum Gasteiger partial charge on any atom is -0.497 e. The highest BCUT2D eigenvalue weighted by atomic mass is 35.5. The molecule has 0 atom stereocenters. The topological polar surface area (TPSA) is 26.5 Å². The van der Waals surface area contributed by atoms with Crippen molar-refractivity contribution in [3.05, 3.63) is 65.1 Å². The van der Waals surface area contributed by atoms with Gasteiger partial charge in [0.25, 0.3) is 0 Å². The van der Waals surface area contributed by atoms with Crippen molar-refractivity contribution in [3.63, 3.8) is 0 Å². The quantitative estimate of drug-likeness (QED) is 0.681. The SMILES string of the molecule is COc1cccc(Cc2nc3cc(C)ccn3c2CCl)c1. The number of rotatable bonds is 4. The number of alkyl halides is 1. The molecule has 1 aromatic carbocycles. The Morgan fingerprint density at radius 1 is 1.24 bits per heavy atom. The van der Waals surface area contributed by atoms with Gasteiger partial charge in [-0.05, 0) is 42.3 Å².